The molecule has 2 aliphatic rings. The fraction of sp³-hybridized carbons (Fsp3) is 0.550. The lowest BCUT2D eigenvalue weighted by Gasteiger charge is -2.31. The SMILES string of the molecule is Cc1[nH]cnc1CN1C[C@H]2COC[C@@H]1CN(C(=O)CCc1cccnc1)C2. The molecule has 4 rings (SSSR count). The van der Waals surface area contributed by atoms with Crippen LogP contribution in [0.25, 0.3) is 0 Å². The van der Waals surface area contributed by atoms with Crippen LogP contribution in [0.5, 0.6) is 0 Å². The molecule has 2 aromatic rings. The minimum Gasteiger partial charge on any atom is -0.379 e. The van der Waals surface area contributed by atoms with Crippen LogP contribution in [0.4, 0.5) is 0 Å². The Morgan fingerprint density at radius 3 is 3.04 bits per heavy atom. The number of rotatable bonds is 5. The molecular formula is C20H27N5O2. The molecule has 0 spiro atoms. The van der Waals surface area contributed by atoms with E-state index in [1.807, 2.05) is 23.2 Å². The molecule has 0 radical (unpaired) electrons. The van der Waals surface area contributed by atoms with Crippen molar-refractivity contribution in [1.82, 2.24) is 24.8 Å². The van der Waals surface area contributed by atoms with E-state index in [0.717, 1.165) is 56.2 Å². The van der Waals surface area contributed by atoms with E-state index in [1.54, 1.807) is 12.5 Å². The molecule has 0 unspecified atom stereocenters. The van der Waals surface area contributed by atoms with Gasteiger partial charge in [0.2, 0.25) is 5.91 Å². The van der Waals surface area contributed by atoms with Gasteiger partial charge in [-0.15, -0.1) is 0 Å². The molecule has 2 aliphatic heterocycles. The van der Waals surface area contributed by atoms with Crippen LogP contribution < -0.4 is 0 Å². The molecule has 2 saturated heterocycles. The number of hydrogen-bond donors (Lipinski definition) is 1. The number of aryl methyl sites for hydroxylation is 2. The maximum Gasteiger partial charge on any atom is 0.222 e. The monoisotopic (exact) mass is 369 g/mol. The van der Waals surface area contributed by atoms with Gasteiger partial charge in [0.05, 0.1) is 31.3 Å². The normalized spacial score (nSPS) is 23.2. The Labute approximate surface area is 159 Å². The number of H-pyrrole nitrogens is 1. The average molecular weight is 369 g/mol. The van der Waals surface area contributed by atoms with Crippen LogP contribution in [0.1, 0.15) is 23.4 Å². The molecule has 2 aromatic heterocycles. The van der Waals surface area contributed by atoms with Crippen molar-refractivity contribution in [2.75, 3.05) is 32.8 Å². The number of nitrogens with one attached hydrogen (secondary N) is 1. The summed E-state index contributed by atoms with van der Waals surface area (Å²) in [4.78, 5) is 29.1. The molecule has 27 heavy (non-hydrogen) atoms. The number of fused-ring (bicyclic) bond motifs is 3. The molecule has 1 N–H and O–H groups in total. The van der Waals surface area contributed by atoms with Crippen molar-refractivity contribution < 1.29 is 9.53 Å². The number of carbonyl (C=O) groups is 1. The molecule has 2 bridgehead atoms. The first-order valence-corrected chi connectivity index (χ1v) is 9.66. The summed E-state index contributed by atoms with van der Waals surface area (Å²) in [5, 5.41) is 0. The minimum absolute atomic E-state index is 0.218. The molecule has 4 heterocycles. The number of aromatic amines is 1. The lowest BCUT2D eigenvalue weighted by atomic mass is 10.1. The lowest BCUT2D eigenvalue weighted by Crippen LogP contribution is -2.45. The Balaban J connectivity index is 1.41. The maximum absolute atomic E-state index is 12.9. The molecule has 1 amide bonds. The van der Waals surface area contributed by atoms with Crippen LogP contribution >= 0.6 is 0 Å². The van der Waals surface area contributed by atoms with Crippen LogP contribution in [0.3, 0.4) is 0 Å². The van der Waals surface area contributed by atoms with Crippen LogP contribution in [0, 0.1) is 12.8 Å². The zero-order chi connectivity index (χ0) is 18.6. The van der Waals surface area contributed by atoms with Gasteiger partial charge >= 0.3 is 0 Å². The van der Waals surface area contributed by atoms with Crippen molar-refractivity contribution in [2.24, 2.45) is 5.92 Å². The molecular weight excluding hydrogens is 342 g/mol. The van der Waals surface area contributed by atoms with Gasteiger partial charge < -0.3 is 14.6 Å². The van der Waals surface area contributed by atoms with E-state index in [0.29, 0.717) is 18.9 Å². The quantitative estimate of drug-likeness (QED) is 0.862. The summed E-state index contributed by atoms with van der Waals surface area (Å²) >= 11 is 0. The predicted octanol–water partition coefficient (Wildman–Crippen LogP) is 1.41. The van der Waals surface area contributed by atoms with Gasteiger partial charge in [-0.05, 0) is 25.0 Å². The molecule has 0 aromatic carbocycles. The van der Waals surface area contributed by atoms with Crippen LogP contribution in [0.2, 0.25) is 0 Å². The molecule has 7 nitrogen and oxygen atoms in total. The second-order valence-corrected chi connectivity index (χ2v) is 7.62. The van der Waals surface area contributed by atoms with Crippen molar-refractivity contribution in [3.63, 3.8) is 0 Å². The zero-order valence-electron chi connectivity index (χ0n) is 15.8. The Hall–Kier alpha value is -2.25. The van der Waals surface area contributed by atoms with Crippen molar-refractivity contribution in [1.29, 1.82) is 0 Å². The lowest BCUT2D eigenvalue weighted by molar-refractivity contribution is -0.133. The van der Waals surface area contributed by atoms with E-state index in [2.05, 4.69) is 26.8 Å². The molecule has 7 heteroatoms. The highest BCUT2D eigenvalue weighted by Crippen LogP contribution is 2.22. The summed E-state index contributed by atoms with van der Waals surface area (Å²) in [5.74, 6) is 0.577. The van der Waals surface area contributed by atoms with E-state index >= 15 is 0 Å². The largest absolute Gasteiger partial charge is 0.379 e. The number of nitrogens with zero attached hydrogens (tertiary/aromatic N) is 4. The van der Waals surface area contributed by atoms with Crippen LogP contribution in [0.15, 0.2) is 30.9 Å². The smallest absolute Gasteiger partial charge is 0.222 e. The first-order chi connectivity index (χ1) is 13.2. The third kappa shape index (κ3) is 4.36. The van der Waals surface area contributed by atoms with Crippen molar-refractivity contribution in [3.05, 3.63) is 47.8 Å². The third-order valence-electron chi connectivity index (χ3n) is 5.57. The summed E-state index contributed by atoms with van der Waals surface area (Å²) in [6, 6.07) is 4.16. The molecule has 0 aliphatic carbocycles. The maximum atomic E-state index is 12.9. The number of aromatic nitrogens is 3. The predicted molar refractivity (Wildman–Crippen MR) is 101 cm³/mol. The topological polar surface area (TPSA) is 74.4 Å². The number of hydrogen-bond acceptors (Lipinski definition) is 5. The van der Waals surface area contributed by atoms with Gasteiger partial charge in [0, 0.05) is 56.6 Å². The Bertz CT molecular complexity index is 763. The standard InChI is InChI=1S/C20H27N5O2/c1-15-19(23-14-22-15)11-24-8-17-9-25(10-18(24)13-27-12-17)20(26)5-4-16-3-2-6-21-7-16/h2-3,6-7,14,17-18H,4-5,8-13H2,1H3,(H,22,23)/t17-,18+/m1/s1. The number of pyridine rings is 1. The highest BCUT2D eigenvalue weighted by atomic mass is 16.5. The fourth-order valence-electron chi connectivity index (χ4n) is 4.02. The van der Waals surface area contributed by atoms with Gasteiger partial charge in [-0.25, -0.2) is 4.98 Å². The Morgan fingerprint density at radius 1 is 1.33 bits per heavy atom. The van der Waals surface area contributed by atoms with E-state index in [9.17, 15) is 4.79 Å². The van der Waals surface area contributed by atoms with E-state index in [-0.39, 0.29) is 11.9 Å². The van der Waals surface area contributed by atoms with E-state index in [4.69, 9.17) is 4.74 Å². The van der Waals surface area contributed by atoms with Crippen LogP contribution in [-0.4, -0.2) is 69.5 Å². The molecule has 2 atom stereocenters. The van der Waals surface area contributed by atoms with Gasteiger partial charge in [-0.3, -0.25) is 14.7 Å². The number of carbonyl (C=O) groups excluding carboxylic acids is 1. The molecule has 0 saturated carbocycles. The number of ether oxygens (including phenoxy) is 1. The number of imidazole rings is 1. The van der Waals surface area contributed by atoms with Crippen molar-refractivity contribution in [3.8, 4) is 0 Å². The van der Waals surface area contributed by atoms with Crippen LogP contribution in [-0.2, 0) is 22.5 Å². The third-order valence-corrected chi connectivity index (χ3v) is 5.57. The summed E-state index contributed by atoms with van der Waals surface area (Å²) in [7, 11) is 0. The number of amides is 1. The highest BCUT2D eigenvalue weighted by Gasteiger charge is 2.35. The minimum atomic E-state index is 0.218. The Kier molecular flexibility index (Phi) is 5.50. The average Bonchev–Trinajstić information content (AvgIpc) is 2.87. The van der Waals surface area contributed by atoms with Gasteiger partial charge in [0.1, 0.15) is 0 Å². The van der Waals surface area contributed by atoms with E-state index < -0.39 is 0 Å². The van der Waals surface area contributed by atoms with Gasteiger partial charge in [0.15, 0.2) is 0 Å². The van der Waals surface area contributed by atoms with E-state index in [1.165, 1.54) is 0 Å². The van der Waals surface area contributed by atoms with Gasteiger partial charge in [-0.1, -0.05) is 6.07 Å². The second-order valence-electron chi connectivity index (χ2n) is 7.62. The molecule has 144 valence electrons. The summed E-state index contributed by atoms with van der Waals surface area (Å²) in [5.41, 5.74) is 3.30. The summed E-state index contributed by atoms with van der Waals surface area (Å²) in [6.07, 6.45) is 6.62. The summed E-state index contributed by atoms with van der Waals surface area (Å²) in [6.45, 7) is 6.70. The Morgan fingerprint density at radius 2 is 2.26 bits per heavy atom. The summed E-state index contributed by atoms with van der Waals surface area (Å²) < 4.78 is 5.88. The molecule has 2 fully saturated rings. The van der Waals surface area contributed by atoms with Crippen molar-refractivity contribution >= 4 is 5.91 Å². The van der Waals surface area contributed by atoms with Gasteiger partial charge in [0.25, 0.3) is 0 Å². The van der Waals surface area contributed by atoms with Crippen molar-refractivity contribution in [2.45, 2.75) is 32.4 Å². The second kappa shape index (κ2) is 8.19. The fourth-order valence-corrected chi connectivity index (χ4v) is 4.02. The highest BCUT2D eigenvalue weighted by molar-refractivity contribution is 5.76. The van der Waals surface area contributed by atoms with Gasteiger partial charge in [-0.2, -0.15) is 0 Å². The zero-order valence-corrected chi connectivity index (χ0v) is 15.8. The first kappa shape index (κ1) is 18.1. The first-order valence-electron chi connectivity index (χ1n) is 9.66.